The van der Waals surface area contributed by atoms with Crippen LogP contribution in [0.15, 0.2) is 12.3 Å². The number of anilines is 1. The van der Waals surface area contributed by atoms with Gasteiger partial charge in [0.15, 0.2) is 5.65 Å². The number of aromatic nitrogens is 3. The SMILES string of the molecule is Cc1ccnc2c1nc(N)n2CCOC1CCCCC1. The third-order valence-corrected chi connectivity index (χ3v) is 4.09. The molecule has 5 nitrogen and oxygen atoms in total. The van der Waals surface area contributed by atoms with Crippen LogP contribution in [0, 0.1) is 6.92 Å². The van der Waals surface area contributed by atoms with Crippen LogP contribution < -0.4 is 5.73 Å². The van der Waals surface area contributed by atoms with Crippen molar-refractivity contribution in [2.75, 3.05) is 12.3 Å². The van der Waals surface area contributed by atoms with E-state index >= 15 is 0 Å². The number of aryl methyl sites for hydroxylation is 1. The van der Waals surface area contributed by atoms with E-state index in [1.165, 1.54) is 32.1 Å². The van der Waals surface area contributed by atoms with Crippen LogP contribution >= 0.6 is 0 Å². The minimum absolute atomic E-state index is 0.425. The van der Waals surface area contributed by atoms with Gasteiger partial charge in [0, 0.05) is 6.20 Å². The van der Waals surface area contributed by atoms with E-state index in [-0.39, 0.29) is 0 Å². The molecule has 2 N–H and O–H groups in total. The van der Waals surface area contributed by atoms with Gasteiger partial charge in [0.25, 0.3) is 0 Å². The number of nitrogens with two attached hydrogens (primary N) is 1. The van der Waals surface area contributed by atoms with Gasteiger partial charge < -0.3 is 10.5 Å². The Balaban J connectivity index is 1.68. The molecule has 0 unspecified atom stereocenters. The Morgan fingerprint density at radius 2 is 2.15 bits per heavy atom. The van der Waals surface area contributed by atoms with E-state index in [1.54, 1.807) is 6.20 Å². The van der Waals surface area contributed by atoms with Crippen molar-refractivity contribution in [3.8, 4) is 0 Å². The zero-order chi connectivity index (χ0) is 13.9. The van der Waals surface area contributed by atoms with Crippen LogP contribution in [0.5, 0.6) is 0 Å². The first-order valence-electron chi connectivity index (χ1n) is 7.44. The van der Waals surface area contributed by atoms with E-state index in [9.17, 15) is 0 Å². The number of pyridine rings is 1. The minimum atomic E-state index is 0.425. The molecule has 5 heteroatoms. The topological polar surface area (TPSA) is 66.0 Å². The average molecular weight is 274 g/mol. The van der Waals surface area contributed by atoms with Gasteiger partial charge in [-0.3, -0.25) is 4.57 Å². The second-order valence-electron chi connectivity index (χ2n) is 5.55. The highest BCUT2D eigenvalue weighted by molar-refractivity contribution is 5.77. The van der Waals surface area contributed by atoms with E-state index in [4.69, 9.17) is 10.5 Å². The highest BCUT2D eigenvalue weighted by Crippen LogP contribution is 2.21. The molecule has 0 bridgehead atoms. The van der Waals surface area contributed by atoms with Crippen molar-refractivity contribution >= 4 is 17.1 Å². The van der Waals surface area contributed by atoms with Crippen molar-refractivity contribution < 1.29 is 4.74 Å². The zero-order valence-electron chi connectivity index (χ0n) is 12.0. The van der Waals surface area contributed by atoms with Gasteiger partial charge in [0.05, 0.1) is 19.3 Å². The number of fused-ring (bicyclic) bond motifs is 1. The number of nitrogen functional groups attached to an aromatic ring is 1. The summed E-state index contributed by atoms with van der Waals surface area (Å²) in [6.07, 6.45) is 8.55. The van der Waals surface area contributed by atoms with Crippen molar-refractivity contribution in [2.24, 2.45) is 0 Å². The molecule has 1 aliphatic carbocycles. The van der Waals surface area contributed by atoms with E-state index in [0.29, 0.717) is 18.7 Å². The predicted molar refractivity (Wildman–Crippen MR) is 79.5 cm³/mol. The molecule has 0 saturated heterocycles. The molecular weight excluding hydrogens is 252 g/mol. The molecule has 0 spiro atoms. The Morgan fingerprint density at radius 1 is 1.35 bits per heavy atom. The summed E-state index contributed by atoms with van der Waals surface area (Å²) >= 11 is 0. The van der Waals surface area contributed by atoms with Crippen LogP contribution in [0.3, 0.4) is 0 Å². The molecule has 1 fully saturated rings. The summed E-state index contributed by atoms with van der Waals surface area (Å²) in [6.45, 7) is 3.42. The fourth-order valence-corrected chi connectivity index (χ4v) is 2.92. The van der Waals surface area contributed by atoms with Crippen molar-refractivity contribution in [1.82, 2.24) is 14.5 Å². The smallest absolute Gasteiger partial charge is 0.202 e. The normalized spacial score (nSPS) is 16.9. The second-order valence-corrected chi connectivity index (χ2v) is 5.55. The van der Waals surface area contributed by atoms with Gasteiger partial charge in [-0.05, 0) is 31.4 Å². The number of imidazole rings is 1. The first-order chi connectivity index (χ1) is 9.75. The third-order valence-electron chi connectivity index (χ3n) is 4.09. The number of rotatable bonds is 4. The summed E-state index contributed by atoms with van der Waals surface area (Å²) < 4.78 is 7.91. The van der Waals surface area contributed by atoms with Crippen molar-refractivity contribution in [1.29, 1.82) is 0 Å². The zero-order valence-corrected chi connectivity index (χ0v) is 12.0. The van der Waals surface area contributed by atoms with Gasteiger partial charge in [0.1, 0.15) is 5.52 Å². The molecule has 2 heterocycles. The molecule has 0 atom stereocenters. The first-order valence-corrected chi connectivity index (χ1v) is 7.44. The van der Waals surface area contributed by atoms with Crippen LogP contribution in [0.2, 0.25) is 0 Å². The number of ether oxygens (including phenoxy) is 1. The van der Waals surface area contributed by atoms with Crippen molar-refractivity contribution in [3.63, 3.8) is 0 Å². The molecule has 0 radical (unpaired) electrons. The Bertz CT molecular complexity index is 587. The van der Waals surface area contributed by atoms with Crippen LogP contribution in [0.25, 0.3) is 11.2 Å². The van der Waals surface area contributed by atoms with Crippen molar-refractivity contribution in [3.05, 3.63) is 17.8 Å². The van der Waals surface area contributed by atoms with E-state index in [1.807, 2.05) is 17.6 Å². The molecule has 0 aromatic carbocycles. The lowest BCUT2D eigenvalue weighted by Gasteiger charge is -2.22. The van der Waals surface area contributed by atoms with Crippen molar-refractivity contribution in [2.45, 2.75) is 51.7 Å². The summed E-state index contributed by atoms with van der Waals surface area (Å²) in [5.74, 6) is 0.522. The van der Waals surface area contributed by atoms with Gasteiger partial charge >= 0.3 is 0 Å². The predicted octanol–water partition coefficient (Wildman–Crippen LogP) is 2.67. The fraction of sp³-hybridized carbons (Fsp3) is 0.600. The highest BCUT2D eigenvalue weighted by atomic mass is 16.5. The summed E-state index contributed by atoms with van der Waals surface area (Å²) in [5.41, 5.74) is 8.85. The highest BCUT2D eigenvalue weighted by Gasteiger charge is 2.15. The molecule has 0 aliphatic heterocycles. The van der Waals surface area contributed by atoms with Crippen LogP contribution in [-0.2, 0) is 11.3 Å². The minimum Gasteiger partial charge on any atom is -0.376 e. The quantitative estimate of drug-likeness (QED) is 0.930. The average Bonchev–Trinajstić information content (AvgIpc) is 2.78. The first kappa shape index (κ1) is 13.4. The number of hydrogen-bond donors (Lipinski definition) is 1. The fourth-order valence-electron chi connectivity index (χ4n) is 2.92. The van der Waals surface area contributed by atoms with Gasteiger partial charge in [-0.15, -0.1) is 0 Å². The molecule has 2 aromatic heterocycles. The maximum Gasteiger partial charge on any atom is 0.202 e. The third kappa shape index (κ3) is 2.63. The maximum absolute atomic E-state index is 6.00. The van der Waals surface area contributed by atoms with E-state index in [0.717, 1.165) is 23.3 Å². The Kier molecular flexibility index (Phi) is 3.87. The summed E-state index contributed by atoms with van der Waals surface area (Å²) in [7, 11) is 0. The standard InChI is InChI=1S/C15H22N4O/c1-11-7-8-17-14-13(11)18-15(16)19(14)9-10-20-12-5-3-2-4-6-12/h7-8,12H,2-6,9-10H2,1H3,(H2,16,18). The van der Waals surface area contributed by atoms with Gasteiger partial charge in [-0.25, -0.2) is 9.97 Å². The molecule has 3 rings (SSSR count). The molecular formula is C15H22N4O. The maximum atomic E-state index is 6.00. The summed E-state index contributed by atoms with van der Waals surface area (Å²) in [4.78, 5) is 8.79. The lowest BCUT2D eigenvalue weighted by molar-refractivity contribution is 0.0246. The van der Waals surface area contributed by atoms with Gasteiger partial charge in [-0.2, -0.15) is 0 Å². The lowest BCUT2D eigenvalue weighted by atomic mass is 9.98. The summed E-state index contributed by atoms with van der Waals surface area (Å²) in [6, 6.07) is 1.96. The van der Waals surface area contributed by atoms with E-state index < -0.39 is 0 Å². The molecule has 1 saturated carbocycles. The number of hydrogen-bond acceptors (Lipinski definition) is 4. The molecule has 0 amide bonds. The van der Waals surface area contributed by atoms with Crippen LogP contribution in [0.4, 0.5) is 5.95 Å². The largest absolute Gasteiger partial charge is 0.376 e. The van der Waals surface area contributed by atoms with Gasteiger partial charge in [0.2, 0.25) is 5.95 Å². The second kappa shape index (κ2) is 5.79. The Labute approximate surface area is 119 Å². The molecule has 108 valence electrons. The van der Waals surface area contributed by atoms with Crippen LogP contribution in [-0.4, -0.2) is 27.2 Å². The lowest BCUT2D eigenvalue weighted by Crippen LogP contribution is -2.19. The number of nitrogens with zero attached hydrogens (tertiary/aromatic N) is 3. The van der Waals surface area contributed by atoms with Gasteiger partial charge in [-0.1, -0.05) is 19.3 Å². The molecule has 1 aliphatic rings. The molecule has 20 heavy (non-hydrogen) atoms. The Hall–Kier alpha value is -1.62. The van der Waals surface area contributed by atoms with Crippen LogP contribution in [0.1, 0.15) is 37.7 Å². The monoisotopic (exact) mass is 274 g/mol. The molecule has 2 aromatic rings. The van der Waals surface area contributed by atoms with E-state index in [2.05, 4.69) is 9.97 Å². The summed E-state index contributed by atoms with van der Waals surface area (Å²) in [5, 5.41) is 0. The Morgan fingerprint density at radius 3 is 2.95 bits per heavy atom.